The smallest absolute Gasteiger partial charge is 0.223 e. The Bertz CT molecular complexity index is 688. The van der Waals surface area contributed by atoms with E-state index in [2.05, 4.69) is 34.9 Å². The summed E-state index contributed by atoms with van der Waals surface area (Å²) >= 11 is 1.76. The second-order valence-corrected chi connectivity index (χ2v) is 8.10. The molecule has 6 heteroatoms. The van der Waals surface area contributed by atoms with Gasteiger partial charge in [0.1, 0.15) is 0 Å². The largest absolute Gasteiger partial charge is 0.342 e. The standard InChI is InChI=1S/C19H26N4OS/c1-15-11-21-19(25-15)17-6-4-9-23(14-17)18(24)7-10-22(2)13-16-5-3-8-20-12-16/h3,5,8,11-12,17H,4,6-7,9-10,13-14H2,1-2H3/t17-/m1/s1. The Kier molecular flexibility index (Phi) is 6.15. The van der Waals surface area contributed by atoms with Gasteiger partial charge in [0.15, 0.2) is 0 Å². The Labute approximate surface area is 153 Å². The van der Waals surface area contributed by atoms with Gasteiger partial charge in [0.05, 0.1) is 5.01 Å². The van der Waals surface area contributed by atoms with Crippen molar-refractivity contribution in [3.63, 3.8) is 0 Å². The van der Waals surface area contributed by atoms with E-state index in [0.29, 0.717) is 12.3 Å². The number of piperidine rings is 1. The second kappa shape index (κ2) is 8.54. The van der Waals surface area contributed by atoms with Crippen molar-refractivity contribution in [2.45, 2.75) is 38.6 Å². The van der Waals surface area contributed by atoms with Crippen LogP contribution >= 0.6 is 11.3 Å². The number of thiazole rings is 1. The Morgan fingerprint density at radius 2 is 2.32 bits per heavy atom. The fourth-order valence-electron chi connectivity index (χ4n) is 3.29. The summed E-state index contributed by atoms with van der Waals surface area (Å²) < 4.78 is 0. The summed E-state index contributed by atoms with van der Waals surface area (Å²) in [6, 6.07) is 4.01. The van der Waals surface area contributed by atoms with Crippen molar-refractivity contribution in [1.82, 2.24) is 19.8 Å². The molecule has 0 bridgehead atoms. The minimum Gasteiger partial charge on any atom is -0.342 e. The quantitative estimate of drug-likeness (QED) is 0.796. The van der Waals surface area contributed by atoms with Gasteiger partial charge in [0, 0.05) is 62.0 Å². The molecule has 1 aliphatic rings. The molecule has 0 radical (unpaired) electrons. The van der Waals surface area contributed by atoms with Gasteiger partial charge < -0.3 is 9.80 Å². The highest BCUT2D eigenvalue weighted by atomic mass is 32.1. The summed E-state index contributed by atoms with van der Waals surface area (Å²) in [7, 11) is 2.05. The normalized spacial score (nSPS) is 17.9. The molecular weight excluding hydrogens is 332 g/mol. The Morgan fingerprint density at radius 3 is 3.04 bits per heavy atom. The number of rotatable bonds is 6. The molecule has 1 fully saturated rings. The van der Waals surface area contributed by atoms with E-state index in [1.54, 1.807) is 17.5 Å². The van der Waals surface area contributed by atoms with Crippen molar-refractivity contribution in [3.8, 4) is 0 Å². The van der Waals surface area contributed by atoms with Crippen LogP contribution < -0.4 is 0 Å². The predicted octanol–water partition coefficient (Wildman–Crippen LogP) is 3.07. The minimum atomic E-state index is 0.260. The highest BCUT2D eigenvalue weighted by molar-refractivity contribution is 7.11. The van der Waals surface area contributed by atoms with Gasteiger partial charge in [-0.3, -0.25) is 9.78 Å². The van der Waals surface area contributed by atoms with Gasteiger partial charge in [-0.15, -0.1) is 11.3 Å². The molecule has 1 atom stereocenters. The number of amides is 1. The highest BCUT2D eigenvalue weighted by Gasteiger charge is 2.26. The van der Waals surface area contributed by atoms with Crippen molar-refractivity contribution in [2.24, 2.45) is 0 Å². The van der Waals surface area contributed by atoms with Gasteiger partial charge >= 0.3 is 0 Å². The van der Waals surface area contributed by atoms with E-state index >= 15 is 0 Å². The van der Waals surface area contributed by atoms with Crippen LogP contribution in [0.4, 0.5) is 0 Å². The van der Waals surface area contributed by atoms with Crippen LogP contribution in [0.25, 0.3) is 0 Å². The number of likely N-dealkylation sites (tertiary alicyclic amines) is 1. The molecule has 1 aliphatic heterocycles. The Morgan fingerprint density at radius 1 is 1.44 bits per heavy atom. The van der Waals surface area contributed by atoms with E-state index in [-0.39, 0.29) is 5.91 Å². The molecule has 2 aromatic rings. The first-order chi connectivity index (χ1) is 12.1. The van der Waals surface area contributed by atoms with Crippen LogP contribution in [0.3, 0.4) is 0 Å². The number of nitrogens with zero attached hydrogens (tertiary/aromatic N) is 4. The number of hydrogen-bond acceptors (Lipinski definition) is 5. The summed E-state index contributed by atoms with van der Waals surface area (Å²) in [6.07, 6.45) is 8.38. The Balaban J connectivity index is 1.47. The lowest BCUT2D eigenvalue weighted by Crippen LogP contribution is -2.40. The maximum atomic E-state index is 12.6. The first-order valence-corrected chi connectivity index (χ1v) is 9.71. The summed E-state index contributed by atoms with van der Waals surface area (Å²) in [5.41, 5.74) is 1.18. The molecule has 134 valence electrons. The van der Waals surface area contributed by atoms with E-state index in [9.17, 15) is 4.79 Å². The third-order valence-electron chi connectivity index (χ3n) is 4.65. The van der Waals surface area contributed by atoms with E-state index < -0.39 is 0 Å². The molecule has 25 heavy (non-hydrogen) atoms. The van der Waals surface area contributed by atoms with Crippen LogP contribution in [0.5, 0.6) is 0 Å². The summed E-state index contributed by atoms with van der Waals surface area (Å²) in [4.78, 5) is 26.7. The number of aromatic nitrogens is 2. The SMILES string of the molecule is Cc1cnc([C@@H]2CCCN(C(=O)CCN(C)Cc3cccnc3)C2)s1. The molecule has 2 aromatic heterocycles. The third-order valence-corrected chi connectivity index (χ3v) is 5.72. The summed E-state index contributed by atoms with van der Waals surface area (Å²) in [6.45, 7) is 5.38. The van der Waals surface area contributed by atoms with Crippen molar-refractivity contribution >= 4 is 17.2 Å². The number of carbonyl (C=O) groups excluding carboxylic acids is 1. The van der Waals surface area contributed by atoms with Gasteiger partial charge in [-0.05, 0) is 38.4 Å². The first-order valence-electron chi connectivity index (χ1n) is 8.89. The molecule has 5 nitrogen and oxygen atoms in total. The molecule has 0 aromatic carbocycles. The molecule has 0 aliphatic carbocycles. The highest BCUT2D eigenvalue weighted by Crippen LogP contribution is 2.29. The molecule has 1 saturated heterocycles. The zero-order valence-electron chi connectivity index (χ0n) is 15.0. The first kappa shape index (κ1) is 18.0. The monoisotopic (exact) mass is 358 g/mol. The van der Waals surface area contributed by atoms with Crippen LogP contribution in [0.1, 0.15) is 40.6 Å². The van der Waals surface area contributed by atoms with E-state index in [1.807, 2.05) is 23.4 Å². The van der Waals surface area contributed by atoms with Crippen LogP contribution in [-0.4, -0.2) is 52.4 Å². The van der Waals surface area contributed by atoms with Crippen molar-refractivity contribution in [1.29, 1.82) is 0 Å². The maximum Gasteiger partial charge on any atom is 0.223 e. The Hall–Kier alpha value is -1.79. The third kappa shape index (κ3) is 5.09. The van der Waals surface area contributed by atoms with Crippen LogP contribution in [0.2, 0.25) is 0 Å². The van der Waals surface area contributed by atoms with Crippen LogP contribution in [0, 0.1) is 6.92 Å². The number of carbonyl (C=O) groups is 1. The van der Waals surface area contributed by atoms with E-state index in [1.165, 1.54) is 15.4 Å². The van der Waals surface area contributed by atoms with Gasteiger partial charge in [-0.2, -0.15) is 0 Å². The topological polar surface area (TPSA) is 49.3 Å². The van der Waals surface area contributed by atoms with Gasteiger partial charge in [-0.25, -0.2) is 4.98 Å². The summed E-state index contributed by atoms with van der Waals surface area (Å²) in [5.74, 6) is 0.667. The lowest BCUT2D eigenvalue weighted by atomic mass is 9.98. The van der Waals surface area contributed by atoms with Gasteiger partial charge in [0.2, 0.25) is 5.91 Å². The molecular formula is C19H26N4OS. The lowest BCUT2D eigenvalue weighted by Gasteiger charge is -2.32. The fourth-order valence-corrected chi connectivity index (χ4v) is 4.19. The predicted molar refractivity (Wildman–Crippen MR) is 101 cm³/mol. The molecule has 0 unspecified atom stereocenters. The molecule has 3 heterocycles. The average molecular weight is 359 g/mol. The average Bonchev–Trinajstić information content (AvgIpc) is 3.07. The van der Waals surface area contributed by atoms with Crippen LogP contribution in [-0.2, 0) is 11.3 Å². The van der Waals surface area contributed by atoms with Gasteiger partial charge in [-0.1, -0.05) is 6.07 Å². The van der Waals surface area contributed by atoms with Crippen molar-refractivity contribution in [3.05, 3.63) is 46.2 Å². The number of pyridine rings is 1. The van der Waals surface area contributed by atoms with Crippen molar-refractivity contribution in [2.75, 3.05) is 26.7 Å². The zero-order chi connectivity index (χ0) is 17.6. The lowest BCUT2D eigenvalue weighted by molar-refractivity contribution is -0.132. The second-order valence-electron chi connectivity index (χ2n) is 6.84. The van der Waals surface area contributed by atoms with Crippen molar-refractivity contribution < 1.29 is 4.79 Å². The van der Waals surface area contributed by atoms with E-state index in [4.69, 9.17) is 0 Å². The number of aryl methyl sites for hydroxylation is 1. The zero-order valence-corrected chi connectivity index (χ0v) is 15.8. The fraction of sp³-hybridized carbons (Fsp3) is 0.526. The van der Waals surface area contributed by atoms with E-state index in [0.717, 1.165) is 39.0 Å². The molecule has 1 amide bonds. The molecule has 0 N–H and O–H groups in total. The molecule has 3 rings (SSSR count). The molecule has 0 saturated carbocycles. The van der Waals surface area contributed by atoms with Gasteiger partial charge in [0.25, 0.3) is 0 Å². The minimum absolute atomic E-state index is 0.260. The number of hydrogen-bond donors (Lipinski definition) is 0. The maximum absolute atomic E-state index is 12.6. The molecule has 0 spiro atoms. The summed E-state index contributed by atoms with van der Waals surface area (Å²) in [5, 5.41) is 1.18. The van der Waals surface area contributed by atoms with Crippen LogP contribution in [0.15, 0.2) is 30.7 Å².